The van der Waals surface area contributed by atoms with E-state index in [9.17, 15) is 4.39 Å². The zero-order valence-electron chi connectivity index (χ0n) is 15.5. The van der Waals surface area contributed by atoms with Gasteiger partial charge in [0.25, 0.3) is 0 Å². The van der Waals surface area contributed by atoms with Crippen LogP contribution in [0.5, 0.6) is 0 Å². The fourth-order valence-corrected chi connectivity index (χ4v) is 4.15. The largest absolute Gasteiger partial charge is 0.306 e. The predicted molar refractivity (Wildman–Crippen MR) is 108 cm³/mol. The van der Waals surface area contributed by atoms with Gasteiger partial charge in [-0.2, -0.15) is 5.10 Å². The van der Waals surface area contributed by atoms with Gasteiger partial charge in [0, 0.05) is 35.4 Å². The normalized spacial score (nSPS) is 16.2. The number of pyridine rings is 1. The summed E-state index contributed by atoms with van der Waals surface area (Å²) in [5, 5.41) is 9.38. The zero-order chi connectivity index (χ0) is 18.9. The van der Waals surface area contributed by atoms with Crippen LogP contribution in [-0.4, -0.2) is 14.8 Å². The van der Waals surface area contributed by atoms with Gasteiger partial charge in [-0.05, 0) is 49.1 Å². The summed E-state index contributed by atoms with van der Waals surface area (Å²) in [5.74, 6) is -0.244. The Balaban J connectivity index is 1.42. The molecule has 2 aromatic heterocycles. The van der Waals surface area contributed by atoms with E-state index in [1.165, 1.54) is 22.6 Å². The van der Waals surface area contributed by atoms with Crippen molar-refractivity contribution >= 4 is 10.9 Å². The highest BCUT2D eigenvalue weighted by atomic mass is 19.1. The van der Waals surface area contributed by atoms with Crippen LogP contribution in [0.3, 0.4) is 0 Å². The highest BCUT2D eigenvalue weighted by Gasteiger charge is 2.25. The van der Waals surface area contributed by atoms with Gasteiger partial charge in [-0.15, -0.1) is 0 Å². The van der Waals surface area contributed by atoms with Crippen LogP contribution in [0, 0.1) is 5.82 Å². The van der Waals surface area contributed by atoms with Crippen molar-refractivity contribution in [3.63, 3.8) is 0 Å². The maximum absolute atomic E-state index is 14.3. The fraction of sp³-hybridized carbons (Fsp3) is 0.217. The summed E-state index contributed by atoms with van der Waals surface area (Å²) < 4.78 is 16.0. The Kier molecular flexibility index (Phi) is 4.37. The van der Waals surface area contributed by atoms with Gasteiger partial charge < -0.3 is 5.32 Å². The van der Waals surface area contributed by atoms with Gasteiger partial charge in [0.15, 0.2) is 0 Å². The van der Waals surface area contributed by atoms with Crippen molar-refractivity contribution < 1.29 is 4.39 Å². The minimum absolute atomic E-state index is 0.219. The van der Waals surface area contributed by atoms with E-state index < -0.39 is 0 Å². The first-order valence-electron chi connectivity index (χ1n) is 9.69. The lowest BCUT2D eigenvalue weighted by molar-refractivity contribution is 0.454. The maximum atomic E-state index is 14.3. The molecule has 1 unspecified atom stereocenters. The average molecular weight is 372 g/mol. The van der Waals surface area contributed by atoms with Crippen LogP contribution >= 0.6 is 0 Å². The molecule has 1 atom stereocenters. The topological polar surface area (TPSA) is 42.7 Å². The number of fused-ring (bicyclic) bond motifs is 2. The van der Waals surface area contributed by atoms with Gasteiger partial charge in [0.05, 0.1) is 11.7 Å². The molecule has 0 bridgehead atoms. The molecule has 0 fully saturated rings. The minimum Gasteiger partial charge on any atom is -0.306 e. The van der Waals surface area contributed by atoms with E-state index in [0.717, 1.165) is 37.0 Å². The lowest BCUT2D eigenvalue weighted by atomic mass is 9.92. The summed E-state index contributed by atoms with van der Waals surface area (Å²) in [6.45, 7) is 0.762. The van der Waals surface area contributed by atoms with Gasteiger partial charge in [-0.3, -0.25) is 4.98 Å². The highest BCUT2D eigenvalue weighted by Crippen LogP contribution is 2.32. The summed E-state index contributed by atoms with van der Waals surface area (Å²) >= 11 is 0. The second kappa shape index (κ2) is 7.17. The summed E-state index contributed by atoms with van der Waals surface area (Å²) in [4.78, 5) is 4.44. The lowest BCUT2D eigenvalue weighted by Gasteiger charge is -2.24. The molecule has 0 saturated carbocycles. The molecule has 1 aliphatic rings. The summed E-state index contributed by atoms with van der Waals surface area (Å²) in [6, 6.07) is 17.4. The molecule has 0 aliphatic heterocycles. The molecular formula is C23H21FN4. The van der Waals surface area contributed by atoms with Crippen molar-refractivity contribution in [3.05, 3.63) is 89.6 Å². The number of para-hydroxylation sites is 1. The van der Waals surface area contributed by atoms with Crippen LogP contribution in [0.4, 0.5) is 4.39 Å². The Morgan fingerprint density at radius 1 is 1.07 bits per heavy atom. The Labute approximate surface area is 163 Å². The van der Waals surface area contributed by atoms with Crippen molar-refractivity contribution in [2.45, 2.75) is 31.8 Å². The summed E-state index contributed by atoms with van der Waals surface area (Å²) in [5.41, 5.74) is 5.04. The standard InChI is InChI=1S/C23H21FN4/c24-19-8-1-2-11-23(19)28-22-12-4-10-21(18(22)15-27-28)26-14-16-6-3-9-20-17(16)7-5-13-25-20/h1-3,5-9,11,13,15,21,26H,4,10,12,14H2. The first-order valence-corrected chi connectivity index (χ1v) is 9.69. The quantitative estimate of drug-likeness (QED) is 0.563. The third-order valence-corrected chi connectivity index (χ3v) is 5.54. The van der Waals surface area contributed by atoms with E-state index in [-0.39, 0.29) is 11.9 Å². The van der Waals surface area contributed by atoms with Crippen LogP contribution in [0.1, 0.15) is 35.7 Å². The number of rotatable bonds is 4. The summed E-state index contributed by atoms with van der Waals surface area (Å²) in [6.07, 6.45) is 6.74. The van der Waals surface area contributed by atoms with E-state index in [4.69, 9.17) is 0 Å². The number of hydrogen-bond acceptors (Lipinski definition) is 3. The van der Waals surface area contributed by atoms with Crippen molar-refractivity contribution in [1.29, 1.82) is 0 Å². The number of hydrogen-bond donors (Lipinski definition) is 1. The minimum atomic E-state index is -0.244. The van der Waals surface area contributed by atoms with Gasteiger partial charge in [0.1, 0.15) is 11.5 Å². The molecule has 1 N–H and O–H groups in total. The third kappa shape index (κ3) is 2.98. The number of nitrogens with one attached hydrogen (secondary N) is 1. The van der Waals surface area contributed by atoms with Gasteiger partial charge in [-0.25, -0.2) is 9.07 Å². The molecule has 0 radical (unpaired) electrons. The van der Waals surface area contributed by atoms with Crippen molar-refractivity contribution in [2.75, 3.05) is 0 Å². The van der Waals surface area contributed by atoms with Crippen molar-refractivity contribution in [3.8, 4) is 5.69 Å². The highest BCUT2D eigenvalue weighted by molar-refractivity contribution is 5.81. The maximum Gasteiger partial charge on any atom is 0.148 e. The Bertz CT molecular complexity index is 1130. The van der Waals surface area contributed by atoms with Crippen LogP contribution in [0.25, 0.3) is 16.6 Å². The molecule has 4 nitrogen and oxygen atoms in total. The molecule has 0 spiro atoms. The van der Waals surface area contributed by atoms with Crippen LogP contribution in [0.15, 0.2) is 67.0 Å². The molecule has 2 heterocycles. The predicted octanol–water partition coefficient (Wildman–Crippen LogP) is 4.73. The fourth-order valence-electron chi connectivity index (χ4n) is 4.15. The van der Waals surface area contributed by atoms with Crippen LogP contribution in [0.2, 0.25) is 0 Å². The molecule has 2 aromatic carbocycles. The Morgan fingerprint density at radius 2 is 2.00 bits per heavy atom. The van der Waals surface area contributed by atoms with Crippen molar-refractivity contribution in [1.82, 2.24) is 20.1 Å². The molecule has 4 aromatic rings. The van der Waals surface area contributed by atoms with E-state index in [0.29, 0.717) is 5.69 Å². The van der Waals surface area contributed by atoms with Crippen molar-refractivity contribution in [2.24, 2.45) is 0 Å². The lowest BCUT2D eigenvalue weighted by Crippen LogP contribution is -2.25. The average Bonchev–Trinajstić information content (AvgIpc) is 3.17. The molecule has 1 aliphatic carbocycles. The molecule has 0 saturated heterocycles. The van der Waals surface area contributed by atoms with Gasteiger partial charge >= 0.3 is 0 Å². The molecule has 0 amide bonds. The van der Waals surface area contributed by atoms with E-state index in [2.05, 4.69) is 33.6 Å². The molecule has 140 valence electrons. The second-order valence-corrected chi connectivity index (χ2v) is 7.22. The van der Waals surface area contributed by atoms with E-state index in [1.807, 2.05) is 30.6 Å². The monoisotopic (exact) mass is 372 g/mol. The second-order valence-electron chi connectivity index (χ2n) is 7.22. The molecule has 5 heteroatoms. The zero-order valence-corrected chi connectivity index (χ0v) is 15.5. The third-order valence-electron chi connectivity index (χ3n) is 5.54. The van der Waals surface area contributed by atoms with E-state index >= 15 is 0 Å². The number of benzene rings is 2. The summed E-state index contributed by atoms with van der Waals surface area (Å²) in [7, 11) is 0. The Hall–Kier alpha value is -3.05. The van der Waals surface area contributed by atoms with Gasteiger partial charge in [-0.1, -0.05) is 30.3 Å². The number of aromatic nitrogens is 3. The first kappa shape index (κ1) is 17.1. The smallest absolute Gasteiger partial charge is 0.148 e. The van der Waals surface area contributed by atoms with E-state index in [1.54, 1.807) is 16.8 Å². The van der Waals surface area contributed by atoms with Gasteiger partial charge in [0.2, 0.25) is 0 Å². The molecule has 28 heavy (non-hydrogen) atoms. The van der Waals surface area contributed by atoms with Crippen LogP contribution < -0.4 is 5.32 Å². The number of halogens is 1. The molecular weight excluding hydrogens is 351 g/mol. The number of nitrogens with zero attached hydrogens (tertiary/aromatic N) is 3. The first-order chi connectivity index (χ1) is 13.8. The molecule has 5 rings (SSSR count). The SMILES string of the molecule is Fc1ccccc1-n1ncc2c1CCCC2NCc1cccc2ncccc12. The Morgan fingerprint density at radius 3 is 2.93 bits per heavy atom. The van der Waals surface area contributed by atoms with Crippen LogP contribution in [-0.2, 0) is 13.0 Å².